The first-order chi connectivity index (χ1) is 21.4. The number of hydrogen-bond acceptors (Lipinski definition) is 5. The molecule has 3 saturated carbocycles. The van der Waals surface area contributed by atoms with E-state index in [-0.39, 0.29) is 47.8 Å². The van der Waals surface area contributed by atoms with E-state index < -0.39 is 47.4 Å². The summed E-state index contributed by atoms with van der Waals surface area (Å²) in [4.78, 5) is 41.3. The number of carbonyl (C=O) groups is 3. The predicted octanol–water partition coefficient (Wildman–Crippen LogP) is 4.80. The molecule has 4 fully saturated rings. The van der Waals surface area contributed by atoms with Gasteiger partial charge < -0.3 is 25.4 Å². The minimum atomic E-state index is -4.93. The Balaban J connectivity index is 1.25. The van der Waals surface area contributed by atoms with Gasteiger partial charge in [-0.25, -0.2) is 4.39 Å². The monoisotopic (exact) mass is 627 g/mol. The van der Waals surface area contributed by atoms with Gasteiger partial charge in [0, 0.05) is 36.8 Å². The van der Waals surface area contributed by atoms with E-state index in [1.54, 1.807) is 24.3 Å². The Bertz CT molecular complexity index is 1580. The Morgan fingerprint density at radius 2 is 1.76 bits per heavy atom. The van der Waals surface area contributed by atoms with Gasteiger partial charge in [-0.1, -0.05) is 17.7 Å². The summed E-state index contributed by atoms with van der Waals surface area (Å²) >= 11 is 0. The maximum absolute atomic E-state index is 13.9. The van der Waals surface area contributed by atoms with Crippen molar-refractivity contribution in [2.24, 2.45) is 23.7 Å². The van der Waals surface area contributed by atoms with Crippen molar-refractivity contribution in [2.45, 2.75) is 44.0 Å². The molecule has 8 nitrogen and oxygen atoms in total. The number of halogens is 4. The molecule has 6 rings (SSSR count). The maximum atomic E-state index is 13.9. The van der Waals surface area contributed by atoms with Crippen LogP contribution < -0.4 is 15.4 Å². The topological polar surface area (TPSA) is 108 Å². The quantitative estimate of drug-likeness (QED) is 0.222. The summed E-state index contributed by atoms with van der Waals surface area (Å²) in [6.45, 7) is 0.527. The Morgan fingerprint density at radius 1 is 1.02 bits per heavy atom. The number of carbonyl (C=O) groups excluding carboxylic acids is 3. The number of hydrogen-bond donors (Lipinski definition) is 3. The van der Waals surface area contributed by atoms with E-state index in [2.05, 4.69) is 16.7 Å². The van der Waals surface area contributed by atoms with Crippen LogP contribution in [0.2, 0.25) is 0 Å². The van der Waals surface area contributed by atoms with E-state index in [1.807, 2.05) is 0 Å². The largest absolute Gasteiger partial charge is 0.496 e. The van der Waals surface area contributed by atoms with Crippen molar-refractivity contribution < 1.29 is 41.8 Å². The van der Waals surface area contributed by atoms with Crippen molar-refractivity contribution in [3.05, 3.63) is 76.6 Å². The highest BCUT2D eigenvalue weighted by atomic mass is 19.4. The van der Waals surface area contributed by atoms with Crippen LogP contribution >= 0.6 is 0 Å². The Kier molecular flexibility index (Phi) is 8.19. The van der Waals surface area contributed by atoms with Crippen LogP contribution in [0.1, 0.15) is 47.2 Å². The Labute approximate surface area is 257 Å². The van der Waals surface area contributed by atoms with Crippen molar-refractivity contribution in [1.82, 2.24) is 10.2 Å². The number of allylic oxidation sites excluding steroid dienone is 1. The molecule has 1 heterocycles. The van der Waals surface area contributed by atoms with Crippen molar-refractivity contribution in [2.75, 3.05) is 25.5 Å². The molecule has 0 spiro atoms. The van der Waals surface area contributed by atoms with Gasteiger partial charge >= 0.3 is 6.18 Å². The molecule has 2 aromatic carbocycles. The Morgan fingerprint density at radius 3 is 2.42 bits per heavy atom. The van der Waals surface area contributed by atoms with Crippen molar-refractivity contribution in [3.63, 3.8) is 0 Å². The first-order valence-electron chi connectivity index (χ1n) is 15.0. The lowest BCUT2D eigenvalue weighted by atomic mass is 9.83. The number of anilines is 1. The Hall–Kier alpha value is -4.19. The standard InChI is InChI=1S/C33H33F4N3O5/c1-45-27-10-4-18(5-11-28(42)40-15-20(41)16-40)13-24(27)31(43)39-30-22-8-7-21(23(22)12-17-2-3-17)29(30)32(44)38-19-6-9-26(34)25(14-19)33(35,36)37/h4-6,9-14,17,20-22,29-30,41H,2-3,7-8,15-16H2,1H3,(H,38,44)(H,39,43)/b11-5+,23-12-/t21-,22+,29-,30+/m0/s1. The second-order valence-electron chi connectivity index (χ2n) is 12.2. The second kappa shape index (κ2) is 12.0. The van der Waals surface area contributed by atoms with Crippen molar-refractivity contribution in [1.29, 1.82) is 0 Å². The molecule has 3 N–H and O–H groups in total. The van der Waals surface area contributed by atoms with E-state index in [0.29, 0.717) is 30.0 Å². The van der Waals surface area contributed by atoms with Crippen LogP contribution in [0, 0.1) is 29.5 Å². The summed E-state index contributed by atoms with van der Waals surface area (Å²) < 4.78 is 59.3. The van der Waals surface area contributed by atoms with Gasteiger partial charge in [0.2, 0.25) is 11.8 Å². The average molecular weight is 628 g/mol. The van der Waals surface area contributed by atoms with Crippen LogP contribution in [0.25, 0.3) is 6.08 Å². The third-order valence-electron chi connectivity index (χ3n) is 9.15. The number of alkyl halides is 3. The third kappa shape index (κ3) is 6.33. The first-order valence-corrected chi connectivity index (χ1v) is 15.0. The van der Waals surface area contributed by atoms with Gasteiger partial charge in [-0.3, -0.25) is 14.4 Å². The molecule has 1 aliphatic heterocycles. The number of β-amino-alcohol motifs (C(OH)–C–C–N with tert-alkyl or cyclic N) is 1. The number of benzene rings is 2. The summed E-state index contributed by atoms with van der Waals surface area (Å²) in [6.07, 6.45) is 3.21. The molecule has 1 saturated heterocycles. The fourth-order valence-electron chi connectivity index (χ4n) is 6.75. The van der Waals surface area contributed by atoms with Crippen molar-refractivity contribution >= 4 is 29.5 Å². The molecule has 12 heteroatoms. The number of methoxy groups -OCH3 is 1. The van der Waals surface area contributed by atoms with Crippen LogP contribution in [-0.2, 0) is 15.8 Å². The molecular weight excluding hydrogens is 594 g/mol. The highest BCUT2D eigenvalue weighted by Crippen LogP contribution is 2.54. The first kappa shape index (κ1) is 30.8. The third-order valence-corrected chi connectivity index (χ3v) is 9.15. The summed E-state index contributed by atoms with van der Waals surface area (Å²) in [6, 6.07) is 6.56. The summed E-state index contributed by atoms with van der Waals surface area (Å²) in [7, 11) is 1.42. The predicted molar refractivity (Wildman–Crippen MR) is 156 cm³/mol. The van der Waals surface area contributed by atoms with Crippen molar-refractivity contribution in [3.8, 4) is 5.75 Å². The zero-order valence-corrected chi connectivity index (χ0v) is 24.4. The van der Waals surface area contributed by atoms with Gasteiger partial charge in [0.25, 0.3) is 5.91 Å². The smallest absolute Gasteiger partial charge is 0.419 e. The van der Waals surface area contributed by atoms with Gasteiger partial charge in [-0.05, 0) is 79.5 Å². The summed E-state index contributed by atoms with van der Waals surface area (Å²) in [5.41, 5.74) is 0.185. The van der Waals surface area contributed by atoms with E-state index in [4.69, 9.17) is 4.74 Å². The molecule has 3 aliphatic carbocycles. The lowest BCUT2D eigenvalue weighted by molar-refractivity contribution is -0.140. The summed E-state index contributed by atoms with van der Waals surface area (Å²) in [5.74, 6) is -3.11. The maximum Gasteiger partial charge on any atom is 0.419 e. The summed E-state index contributed by atoms with van der Waals surface area (Å²) in [5, 5.41) is 15.0. The number of aliphatic hydroxyl groups is 1. The number of nitrogens with zero attached hydrogens (tertiary/aromatic N) is 1. The van der Waals surface area contributed by atoms with Gasteiger partial charge in [-0.2, -0.15) is 13.2 Å². The highest BCUT2D eigenvalue weighted by Gasteiger charge is 2.55. The SMILES string of the molecule is COc1ccc(/C=C/C(=O)N2CC(O)C2)cc1C(=O)N[C@H]1[C@@H](C(=O)Nc2ccc(F)c(C(F)(F)F)c2)[C@H]2CC[C@@H]1/C2=C\C1CC1. The number of ether oxygens (including phenoxy) is 1. The molecular formula is C33H33F4N3O5. The fourth-order valence-corrected chi connectivity index (χ4v) is 6.75. The minimum Gasteiger partial charge on any atom is -0.496 e. The number of rotatable bonds is 8. The van der Waals surface area contributed by atoms with Gasteiger partial charge in [0.1, 0.15) is 11.6 Å². The molecule has 238 valence electrons. The van der Waals surface area contributed by atoms with E-state index in [0.717, 1.165) is 30.9 Å². The molecule has 45 heavy (non-hydrogen) atoms. The lowest BCUT2D eigenvalue weighted by Crippen LogP contribution is -2.52. The van der Waals surface area contributed by atoms with Crippen LogP contribution in [0.4, 0.5) is 23.2 Å². The number of amides is 3. The highest BCUT2D eigenvalue weighted by molar-refractivity contribution is 6.00. The molecule has 4 atom stereocenters. The van der Waals surface area contributed by atoms with E-state index in [9.17, 15) is 37.1 Å². The van der Waals surface area contributed by atoms with Crippen LogP contribution in [-0.4, -0.2) is 60.1 Å². The molecule has 3 amide bonds. The van der Waals surface area contributed by atoms with Crippen LogP contribution in [0.3, 0.4) is 0 Å². The molecule has 0 radical (unpaired) electrons. The molecule has 0 unspecified atom stereocenters. The number of nitrogens with one attached hydrogen (secondary N) is 2. The van der Waals surface area contributed by atoms with Gasteiger partial charge in [-0.15, -0.1) is 0 Å². The molecule has 4 aliphatic rings. The van der Waals surface area contributed by atoms with Crippen LogP contribution in [0.5, 0.6) is 5.75 Å². The fraction of sp³-hybridized carbons (Fsp3) is 0.424. The zero-order chi connectivity index (χ0) is 32.0. The van der Waals surface area contributed by atoms with E-state index in [1.165, 1.54) is 18.1 Å². The second-order valence-corrected chi connectivity index (χ2v) is 12.2. The van der Waals surface area contributed by atoms with Gasteiger partial charge in [0.15, 0.2) is 0 Å². The normalized spacial score (nSPS) is 25.5. The number of aliphatic hydroxyl groups excluding tert-OH is 1. The molecule has 2 aromatic rings. The van der Waals surface area contributed by atoms with Gasteiger partial charge in [0.05, 0.1) is 30.3 Å². The molecule has 2 bridgehead atoms. The minimum absolute atomic E-state index is 0.118. The molecule has 0 aromatic heterocycles. The van der Waals surface area contributed by atoms with E-state index >= 15 is 0 Å². The average Bonchev–Trinajstić information content (AvgIpc) is 3.66. The number of likely N-dealkylation sites (tertiary alicyclic amines) is 1. The lowest BCUT2D eigenvalue weighted by Gasteiger charge is -2.34. The van der Waals surface area contributed by atoms with Crippen LogP contribution in [0.15, 0.2) is 54.1 Å². The number of fused-ring (bicyclic) bond motifs is 2. The zero-order valence-electron chi connectivity index (χ0n) is 24.4.